The van der Waals surface area contributed by atoms with Crippen molar-refractivity contribution in [3.05, 3.63) is 52.9 Å². The number of benzene rings is 1. The Balaban J connectivity index is 1.95. The third kappa shape index (κ3) is 3.11. The van der Waals surface area contributed by atoms with Crippen LogP contribution >= 0.6 is 11.6 Å². The first-order valence-corrected chi connectivity index (χ1v) is 5.34. The number of amides is 1. The summed E-state index contributed by atoms with van der Waals surface area (Å²) < 4.78 is 4.74. The summed E-state index contributed by atoms with van der Waals surface area (Å²) in [5.74, 6) is -1.51. The van der Waals surface area contributed by atoms with Crippen LogP contribution < -0.4 is 0 Å². The van der Waals surface area contributed by atoms with Gasteiger partial charge in [-0.25, -0.2) is 4.79 Å². The molecule has 1 aliphatic heterocycles. The molecule has 2 rings (SSSR count). The van der Waals surface area contributed by atoms with E-state index in [1.807, 2.05) is 0 Å². The van der Waals surface area contributed by atoms with Crippen molar-refractivity contribution >= 4 is 29.6 Å². The van der Waals surface area contributed by atoms with Crippen LogP contribution in [-0.4, -0.2) is 11.9 Å². The number of hydrogen-bond donors (Lipinski definition) is 0. The lowest BCUT2D eigenvalue weighted by Crippen LogP contribution is -2.05. The fourth-order valence-corrected chi connectivity index (χ4v) is 1.31. The van der Waals surface area contributed by atoms with Gasteiger partial charge in [-0.1, -0.05) is 23.7 Å². The van der Waals surface area contributed by atoms with E-state index in [4.69, 9.17) is 16.3 Å². The Morgan fingerprint density at radius 1 is 1.28 bits per heavy atom. The first-order chi connectivity index (χ1) is 8.65. The highest BCUT2D eigenvalue weighted by atomic mass is 35.5. The van der Waals surface area contributed by atoms with E-state index in [9.17, 15) is 9.59 Å². The molecule has 1 heterocycles. The number of carbonyl (C=O) groups excluding carboxylic acids is 2. The maximum atomic E-state index is 11.4. The summed E-state index contributed by atoms with van der Waals surface area (Å²) in [6.45, 7) is 0. The minimum atomic E-state index is -0.670. The van der Waals surface area contributed by atoms with Crippen LogP contribution in [0.5, 0.6) is 0 Å². The molecule has 0 saturated heterocycles. The molecule has 18 heavy (non-hydrogen) atoms. The van der Waals surface area contributed by atoms with Crippen molar-refractivity contribution in [2.75, 3.05) is 0 Å². The highest BCUT2D eigenvalue weighted by Gasteiger charge is 2.17. The quantitative estimate of drug-likeness (QED) is 0.621. The van der Waals surface area contributed by atoms with Crippen molar-refractivity contribution in [3.63, 3.8) is 0 Å². The molecular formula is C12H7ClN2O3. The fourth-order valence-electron chi connectivity index (χ4n) is 1.19. The second kappa shape index (κ2) is 5.37. The Hall–Kier alpha value is -2.27. The zero-order valence-electron chi connectivity index (χ0n) is 9.04. The molecule has 6 heteroatoms. The number of rotatable bonds is 3. The van der Waals surface area contributed by atoms with E-state index in [2.05, 4.69) is 10.2 Å². The van der Waals surface area contributed by atoms with Crippen LogP contribution in [-0.2, 0) is 14.3 Å². The lowest BCUT2D eigenvalue weighted by Gasteiger charge is -1.97. The Kier molecular flexibility index (Phi) is 3.64. The molecule has 0 unspecified atom stereocenters. The van der Waals surface area contributed by atoms with E-state index in [0.717, 1.165) is 11.8 Å². The molecule has 0 aromatic heterocycles. The lowest BCUT2D eigenvalue weighted by atomic mass is 10.2. The SMILES string of the molecule is O=C(C=Cc1ccc(Cl)cc1)OC1=CN=NC1=O. The first kappa shape index (κ1) is 12.2. The molecule has 0 fully saturated rings. The van der Waals surface area contributed by atoms with Crippen LogP contribution in [0.15, 0.2) is 52.5 Å². The van der Waals surface area contributed by atoms with Crippen LogP contribution in [0, 0.1) is 0 Å². The second-order valence-electron chi connectivity index (χ2n) is 3.32. The highest BCUT2D eigenvalue weighted by Crippen LogP contribution is 2.12. The van der Waals surface area contributed by atoms with Gasteiger partial charge in [0.05, 0.1) is 6.20 Å². The van der Waals surface area contributed by atoms with Gasteiger partial charge < -0.3 is 4.74 Å². The standard InChI is InChI=1S/C12H7ClN2O3/c13-9-4-1-8(2-5-9)3-6-11(16)18-10-7-14-15-12(10)17/h1-7H. The van der Waals surface area contributed by atoms with Gasteiger partial charge in [0.2, 0.25) is 5.76 Å². The molecule has 0 saturated carbocycles. The van der Waals surface area contributed by atoms with Crippen LogP contribution in [0.2, 0.25) is 5.02 Å². The summed E-state index contributed by atoms with van der Waals surface area (Å²) in [5, 5.41) is 7.11. The van der Waals surface area contributed by atoms with E-state index in [-0.39, 0.29) is 5.76 Å². The molecule has 1 aromatic rings. The maximum absolute atomic E-state index is 11.4. The van der Waals surface area contributed by atoms with Crippen molar-refractivity contribution in [2.45, 2.75) is 0 Å². The van der Waals surface area contributed by atoms with Gasteiger partial charge in [0.15, 0.2) is 0 Å². The number of halogens is 1. The van der Waals surface area contributed by atoms with Gasteiger partial charge in [0.1, 0.15) is 0 Å². The van der Waals surface area contributed by atoms with Gasteiger partial charge in [-0.15, -0.1) is 5.11 Å². The Bertz CT molecular complexity index is 573. The molecule has 5 nitrogen and oxygen atoms in total. The highest BCUT2D eigenvalue weighted by molar-refractivity contribution is 6.30. The number of hydrogen-bond acceptors (Lipinski definition) is 4. The summed E-state index contributed by atoms with van der Waals surface area (Å²) in [7, 11) is 0. The molecule has 0 aliphatic carbocycles. The average Bonchev–Trinajstić information content (AvgIpc) is 2.74. The average molecular weight is 263 g/mol. The molecule has 0 atom stereocenters. The maximum Gasteiger partial charge on any atom is 0.336 e. The van der Waals surface area contributed by atoms with Crippen LogP contribution in [0.25, 0.3) is 6.08 Å². The smallest absolute Gasteiger partial charge is 0.336 e. The molecule has 0 bridgehead atoms. The van der Waals surface area contributed by atoms with Gasteiger partial charge in [-0.05, 0) is 23.8 Å². The summed E-state index contributed by atoms with van der Waals surface area (Å²) in [6.07, 6.45) is 3.85. The normalized spacial score (nSPS) is 14.1. The number of nitrogens with zero attached hydrogens (tertiary/aromatic N) is 2. The molecule has 1 aliphatic rings. The van der Waals surface area contributed by atoms with Gasteiger partial charge in [0.25, 0.3) is 0 Å². The monoisotopic (exact) mass is 262 g/mol. The molecular weight excluding hydrogens is 256 g/mol. The lowest BCUT2D eigenvalue weighted by molar-refractivity contribution is -0.137. The van der Waals surface area contributed by atoms with Crippen LogP contribution in [0.3, 0.4) is 0 Å². The van der Waals surface area contributed by atoms with E-state index in [1.54, 1.807) is 30.3 Å². The third-order valence-electron chi connectivity index (χ3n) is 2.03. The minimum Gasteiger partial charge on any atom is -0.416 e. The zero-order chi connectivity index (χ0) is 13.0. The summed E-state index contributed by atoms with van der Waals surface area (Å²) in [4.78, 5) is 22.4. The molecule has 90 valence electrons. The minimum absolute atomic E-state index is 0.180. The number of ether oxygens (including phenoxy) is 1. The number of esters is 1. The van der Waals surface area contributed by atoms with Crippen LogP contribution in [0.4, 0.5) is 0 Å². The van der Waals surface area contributed by atoms with Crippen molar-refractivity contribution in [3.8, 4) is 0 Å². The van der Waals surface area contributed by atoms with E-state index in [0.29, 0.717) is 5.02 Å². The molecule has 1 amide bonds. The van der Waals surface area contributed by atoms with Crippen molar-refractivity contribution in [2.24, 2.45) is 10.2 Å². The predicted octanol–water partition coefficient (Wildman–Crippen LogP) is 2.73. The number of azo groups is 1. The third-order valence-corrected chi connectivity index (χ3v) is 2.28. The summed E-state index contributed by atoms with van der Waals surface area (Å²) in [5.41, 5.74) is 0.789. The van der Waals surface area contributed by atoms with Crippen LogP contribution in [0.1, 0.15) is 5.56 Å². The van der Waals surface area contributed by atoms with Gasteiger partial charge >= 0.3 is 11.9 Å². The zero-order valence-corrected chi connectivity index (χ0v) is 9.79. The first-order valence-electron chi connectivity index (χ1n) is 4.96. The summed E-state index contributed by atoms with van der Waals surface area (Å²) >= 11 is 5.72. The van der Waals surface area contributed by atoms with Crippen molar-refractivity contribution < 1.29 is 14.3 Å². The van der Waals surface area contributed by atoms with Gasteiger partial charge in [-0.3, -0.25) is 4.79 Å². The summed E-state index contributed by atoms with van der Waals surface area (Å²) in [6, 6.07) is 6.90. The van der Waals surface area contributed by atoms with Crippen molar-refractivity contribution in [1.82, 2.24) is 0 Å². The van der Waals surface area contributed by atoms with Gasteiger partial charge in [0, 0.05) is 11.1 Å². The Morgan fingerprint density at radius 2 is 2.00 bits per heavy atom. The molecule has 0 spiro atoms. The van der Waals surface area contributed by atoms with E-state index in [1.165, 1.54) is 6.08 Å². The molecule has 0 radical (unpaired) electrons. The van der Waals surface area contributed by atoms with Gasteiger partial charge in [-0.2, -0.15) is 5.11 Å². The van der Waals surface area contributed by atoms with Crippen molar-refractivity contribution in [1.29, 1.82) is 0 Å². The Labute approximate surface area is 107 Å². The second-order valence-corrected chi connectivity index (χ2v) is 3.76. The Morgan fingerprint density at radius 3 is 2.61 bits per heavy atom. The molecule has 1 aromatic carbocycles. The topological polar surface area (TPSA) is 68.1 Å². The predicted molar refractivity (Wildman–Crippen MR) is 64.5 cm³/mol. The fraction of sp³-hybridized carbons (Fsp3) is 0. The van der Waals surface area contributed by atoms with E-state index < -0.39 is 11.9 Å². The molecule has 0 N–H and O–H groups in total. The van der Waals surface area contributed by atoms with E-state index >= 15 is 0 Å². The largest absolute Gasteiger partial charge is 0.416 e. The number of carbonyl (C=O) groups is 2.